The number of amides is 1. The Kier molecular flexibility index (Phi) is 4.92. The summed E-state index contributed by atoms with van der Waals surface area (Å²) in [6.07, 6.45) is 4.12. The second-order valence-electron chi connectivity index (χ2n) is 4.85. The fraction of sp³-hybridized carbons (Fsp3) is 0.400. The molecule has 2 aromatic rings. The van der Waals surface area contributed by atoms with Gasteiger partial charge in [0.15, 0.2) is 0 Å². The van der Waals surface area contributed by atoms with E-state index in [4.69, 9.17) is 0 Å². The number of nitrogens with one attached hydrogen (secondary N) is 2. The number of pyridine rings is 1. The highest BCUT2D eigenvalue weighted by Gasteiger charge is 2.11. The van der Waals surface area contributed by atoms with E-state index in [1.165, 1.54) is 0 Å². The molecule has 0 aromatic carbocycles. The lowest BCUT2D eigenvalue weighted by Crippen LogP contribution is -2.27. The molecule has 0 bridgehead atoms. The van der Waals surface area contributed by atoms with Crippen molar-refractivity contribution in [1.29, 1.82) is 0 Å². The maximum atomic E-state index is 12.3. The normalized spacial score (nSPS) is 10.4. The predicted molar refractivity (Wildman–Crippen MR) is 82.4 cm³/mol. The maximum absolute atomic E-state index is 12.3. The van der Waals surface area contributed by atoms with Crippen LogP contribution in [0.3, 0.4) is 0 Å². The molecule has 112 valence electrons. The quantitative estimate of drug-likeness (QED) is 0.845. The first-order chi connectivity index (χ1) is 10.1. The minimum absolute atomic E-state index is 0.111. The second kappa shape index (κ2) is 6.88. The largest absolute Gasteiger partial charge is 0.385 e. The van der Waals surface area contributed by atoms with Crippen LogP contribution >= 0.6 is 0 Å². The fourth-order valence-corrected chi connectivity index (χ4v) is 2.12. The van der Waals surface area contributed by atoms with Gasteiger partial charge in [0, 0.05) is 50.3 Å². The van der Waals surface area contributed by atoms with Gasteiger partial charge in [0.1, 0.15) is 0 Å². The predicted octanol–water partition coefficient (Wildman–Crippen LogP) is 1.53. The molecule has 0 saturated carbocycles. The number of carbonyl (C=O) groups excluding carboxylic acids is 1. The number of hydrogen-bond acceptors (Lipinski definition) is 4. The monoisotopic (exact) mass is 287 g/mol. The lowest BCUT2D eigenvalue weighted by atomic mass is 10.2. The summed E-state index contributed by atoms with van der Waals surface area (Å²) in [6, 6.07) is 3.84. The van der Waals surface area contributed by atoms with Crippen molar-refractivity contribution in [3.05, 3.63) is 41.5 Å². The van der Waals surface area contributed by atoms with Crippen LogP contribution in [0, 0.1) is 6.92 Å². The van der Waals surface area contributed by atoms with E-state index in [0.717, 1.165) is 30.0 Å². The Bertz CT molecular complexity index is 620. The first-order valence-electron chi connectivity index (χ1n) is 7.07. The van der Waals surface area contributed by atoms with Gasteiger partial charge >= 0.3 is 0 Å². The van der Waals surface area contributed by atoms with Crippen LogP contribution in [0.15, 0.2) is 24.5 Å². The smallest absolute Gasteiger partial charge is 0.254 e. The zero-order valence-electron chi connectivity index (χ0n) is 12.7. The van der Waals surface area contributed by atoms with Crippen molar-refractivity contribution >= 4 is 11.6 Å². The molecule has 0 aliphatic carbocycles. The molecule has 0 fully saturated rings. The number of aryl methyl sites for hydroxylation is 2. The van der Waals surface area contributed by atoms with Crippen molar-refractivity contribution in [3.63, 3.8) is 0 Å². The highest BCUT2D eigenvalue weighted by Crippen LogP contribution is 2.15. The molecule has 2 N–H and O–H groups in total. The van der Waals surface area contributed by atoms with Crippen molar-refractivity contribution in [3.8, 4) is 0 Å². The van der Waals surface area contributed by atoms with Crippen molar-refractivity contribution in [2.24, 2.45) is 7.05 Å². The van der Waals surface area contributed by atoms with E-state index in [1.54, 1.807) is 12.4 Å². The van der Waals surface area contributed by atoms with E-state index < -0.39 is 0 Å². The summed E-state index contributed by atoms with van der Waals surface area (Å²) >= 11 is 0. The third-order valence-electron chi connectivity index (χ3n) is 3.24. The standard InChI is InChI=1S/C15H21N5O/c1-4-16-14-9-11(2)18-10-13(14)15(21)17-7-5-12-6-8-19-20(12)3/h6,8-10H,4-5,7H2,1-3H3,(H,16,18)(H,17,21). The average Bonchev–Trinajstić information content (AvgIpc) is 2.85. The van der Waals surface area contributed by atoms with Gasteiger partial charge in [0.25, 0.3) is 5.91 Å². The van der Waals surface area contributed by atoms with Gasteiger partial charge in [-0.05, 0) is 26.0 Å². The van der Waals surface area contributed by atoms with Gasteiger partial charge in [-0.1, -0.05) is 0 Å². The molecule has 0 aliphatic rings. The van der Waals surface area contributed by atoms with Gasteiger partial charge in [0.2, 0.25) is 0 Å². The van der Waals surface area contributed by atoms with Crippen LogP contribution in [0.25, 0.3) is 0 Å². The van der Waals surface area contributed by atoms with E-state index >= 15 is 0 Å². The SMILES string of the molecule is CCNc1cc(C)ncc1C(=O)NCCc1ccnn1C. The Morgan fingerprint density at radius 3 is 2.90 bits per heavy atom. The molecule has 0 aliphatic heterocycles. The molecule has 21 heavy (non-hydrogen) atoms. The van der Waals surface area contributed by atoms with E-state index in [9.17, 15) is 4.79 Å². The van der Waals surface area contributed by atoms with Gasteiger partial charge in [-0.25, -0.2) is 0 Å². The number of rotatable bonds is 6. The number of anilines is 1. The summed E-state index contributed by atoms with van der Waals surface area (Å²) in [4.78, 5) is 16.5. The molecule has 6 heteroatoms. The van der Waals surface area contributed by atoms with E-state index in [1.807, 2.05) is 37.7 Å². The Morgan fingerprint density at radius 2 is 2.24 bits per heavy atom. The topological polar surface area (TPSA) is 71.8 Å². The molecule has 6 nitrogen and oxygen atoms in total. The Balaban J connectivity index is 1.98. The maximum Gasteiger partial charge on any atom is 0.254 e. The van der Waals surface area contributed by atoms with Crippen LogP contribution in [0.4, 0.5) is 5.69 Å². The molecule has 2 rings (SSSR count). The molecule has 0 saturated heterocycles. The molecule has 0 radical (unpaired) electrons. The third-order valence-corrected chi connectivity index (χ3v) is 3.24. The molecular formula is C15H21N5O. The number of aromatic nitrogens is 3. The van der Waals surface area contributed by atoms with Crippen LogP contribution in [0.1, 0.15) is 28.7 Å². The molecule has 2 aromatic heterocycles. The molecular weight excluding hydrogens is 266 g/mol. The Morgan fingerprint density at radius 1 is 1.43 bits per heavy atom. The van der Waals surface area contributed by atoms with Crippen LogP contribution in [0.2, 0.25) is 0 Å². The Hall–Kier alpha value is -2.37. The van der Waals surface area contributed by atoms with E-state index in [0.29, 0.717) is 12.1 Å². The number of nitrogens with zero attached hydrogens (tertiary/aromatic N) is 3. The van der Waals surface area contributed by atoms with E-state index in [2.05, 4.69) is 20.7 Å². The molecule has 0 spiro atoms. The lowest BCUT2D eigenvalue weighted by molar-refractivity contribution is 0.0954. The number of hydrogen-bond donors (Lipinski definition) is 2. The first kappa shape index (κ1) is 15.0. The van der Waals surface area contributed by atoms with E-state index in [-0.39, 0.29) is 5.91 Å². The summed E-state index contributed by atoms with van der Waals surface area (Å²) in [6.45, 7) is 5.24. The molecule has 2 heterocycles. The minimum Gasteiger partial charge on any atom is -0.385 e. The third kappa shape index (κ3) is 3.81. The summed E-state index contributed by atoms with van der Waals surface area (Å²) in [5.74, 6) is -0.111. The summed E-state index contributed by atoms with van der Waals surface area (Å²) in [7, 11) is 1.89. The van der Waals surface area contributed by atoms with Gasteiger partial charge in [-0.15, -0.1) is 0 Å². The zero-order valence-corrected chi connectivity index (χ0v) is 12.7. The van der Waals surface area contributed by atoms with Crippen LogP contribution in [-0.4, -0.2) is 33.8 Å². The average molecular weight is 287 g/mol. The number of carbonyl (C=O) groups is 1. The zero-order chi connectivity index (χ0) is 15.2. The Labute approximate surface area is 124 Å². The molecule has 0 atom stereocenters. The summed E-state index contributed by atoms with van der Waals surface area (Å²) in [5, 5.41) is 10.2. The highest BCUT2D eigenvalue weighted by atomic mass is 16.1. The van der Waals surface area contributed by atoms with Crippen LogP contribution in [0.5, 0.6) is 0 Å². The van der Waals surface area contributed by atoms with Gasteiger partial charge in [-0.3, -0.25) is 14.5 Å². The van der Waals surface area contributed by atoms with Crippen molar-refractivity contribution in [1.82, 2.24) is 20.1 Å². The fourth-order valence-electron chi connectivity index (χ4n) is 2.12. The van der Waals surface area contributed by atoms with Crippen molar-refractivity contribution in [2.75, 3.05) is 18.4 Å². The van der Waals surface area contributed by atoms with Crippen molar-refractivity contribution < 1.29 is 4.79 Å². The van der Waals surface area contributed by atoms with Gasteiger partial charge < -0.3 is 10.6 Å². The van der Waals surface area contributed by atoms with Crippen molar-refractivity contribution in [2.45, 2.75) is 20.3 Å². The molecule has 1 amide bonds. The molecule has 0 unspecified atom stereocenters. The van der Waals surface area contributed by atoms with Crippen LogP contribution < -0.4 is 10.6 Å². The summed E-state index contributed by atoms with van der Waals surface area (Å²) in [5.41, 5.74) is 3.37. The van der Waals surface area contributed by atoms with Gasteiger partial charge in [-0.2, -0.15) is 5.10 Å². The van der Waals surface area contributed by atoms with Crippen LogP contribution in [-0.2, 0) is 13.5 Å². The van der Waals surface area contributed by atoms with Gasteiger partial charge in [0.05, 0.1) is 11.3 Å². The highest BCUT2D eigenvalue weighted by molar-refractivity contribution is 5.99. The minimum atomic E-state index is -0.111. The second-order valence-corrected chi connectivity index (χ2v) is 4.85. The lowest BCUT2D eigenvalue weighted by Gasteiger charge is -2.11. The first-order valence-corrected chi connectivity index (χ1v) is 7.07. The summed E-state index contributed by atoms with van der Waals surface area (Å²) < 4.78 is 1.81.